The molecule has 3 unspecified atom stereocenters. The summed E-state index contributed by atoms with van der Waals surface area (Å²) in [6.07, 6.45) is 8.76. The van der Waals surface area contributed by atoms with Gasteiger partial charge in [0, 0.05) is 6.42 Å². The Morgan fingerprint density at radius 3 is 2.80 bits per heavy atom. The standard InChI is InChI=1S/C12H19NO2/c1-9-4-2-3-5-10-7-11(10)8-12(6-9)13(14)15/h6,9-11H,2-5,7-8H2,1H3/b12-6+. The molecule has 0 spiro atoms. The lowest BCUT2D eigenvalue weighted by atomic mass is 9.97. The van der Waals surface area contributed by atoms with Crippen molar-refractivity contribution >= 4 is 0 Å². The lowest BCUT2D eigenvalue weighted by Crippen LogP contribution is -2.05. The van der Waals surface area contributed by atoms with Gasteiger partial charge in [0.25, 0.3) is 0 Å². The van der Waals surface area contributed by atoms with Gasteiger partial charge in [0.15, 0.2) is 0 Å². The maximum Gasteiger partial charge on any atom is 0.242 e. The second-order valence-electron chi connectivity index (χ2n) is 5.14. The van der Waals surface area contributed by atoms with E-state index in [0.29, 0.717) is 24.0 Å². The van der Waals surface area contributed by atoms with E-state index in [4.69, 9.17) is 0 Å². The van der Waals surface area contributed by atoms with Gasteiger partial charge < -0.3 is 0 Å². The molecule has 1 fully saturated rings. The summed E-state index contributed by atoms with van der Waals surface area (Å²) in [6.45, 7) is 2.09. The summed E-state index contributed by atoms with van der Waals surface area (Å²) in [5.74, 6) is 1.79. The highest BCUT2D eigenvalue weighted by Gasteiger charge is 2.39. The molecule has 0 aliphatic heterocycles. The Labute approximate surface area is 90.7 Å². The molecule has 15 heavy (non-hydrogen) atoms. The van der Waals surface area contributed by atoms with E-state index in [9.17, 15) is 10.1 Å². The second-order valence-corrected chi connectivity index (χ2v) is 5.14. The lowest BCUT2D eigenvalue weighted by molar-refractivity contribution is -0.429. The van der Waals surface area contributed by atoms with E-state index in [1.807, 2.05) is 6.08 Å². The van der Waals surface area contributed by atoms with Gasteiger partial charge in [-0.3, -0.25) is 10.1 Å². The van der Waals surface area contributed by atoms with Crippen LogP contribution in [0.15, 0.2) is 11.8 Å². The van der Waals surface area contributed by atoms with Gasteiger partial charge in [-0.15, -0.1) is 0 Å². The largest absolute Gasteiger partial charge is 0.259 e. The van der Waals surface area contributed by atoms with Crippen molar-refractivity contribution < 1.29 is 4.92 Å². The Balaban J connectivity index is 2.06. The summed E-state index contributed by atoms with van der Waals surface area (Å²) >= 11 is 0. The molecule has 0 N–H and O–H groups in total. The summed E-state index contributed by atoms with van der Waals surface area (Å²) < 4.78 is 0. The van der Waals surface area contributed by atoms with Crippen LogP contribution in [0, 0.1) is 27.9 Å². The zero-order chi connectivity index (χ0) is 10.8. The van der Waals surface area contributed by atoms with Crippen molar-refractivity contribution in [1.82, 2.24) is 0 Å². The molecule has 0 radical (unpaired) electrons. The fourth-order valence-corrected chi connectivity index (χ4v) is 2.67. The van der Waals surface area contributed by atoms with Crippen LogP contribution in [0.1, 0.15) is 45.4 Å². The Bertz CT molecular complexity index is 285. The first kappa shape index (κ1) is 10.7. The molecular formula is C12H19NO2. The van der Waals surface area contributed by atoms with Gasteiger partial charge >= 0.3 is 0 Å². The minimum Gasteiger partial charge on any atom is -0.259 e. The molecule has 2 aliphatic rings. The monoisotopic (exact) mass is 209 g/mol. The van der Waals surface area contributed by atoms with Crippen LogP contribution < -0.4 is 0 Å². The minimum atomic E-state index is -0.173. The highest BCUT2D eigenvalue weighted by Crippen LogP contribution is 2.47. The molecule has 84 valence electrons. The van der Waals surface area contributed by atoms with Gasteiger partial charge in [-0.25, -0.2) is 0 Å². The van der Waals surface area contributed by atoms with Crippen molar-refractivity contribution in [2.24, 2.45) is 17.8 Å². The van der Waals surface area contributed by atoms with Gasteiger partial charge in [0.2, 0.25) is 5.70 Å². The topological polar surface area (TPSA) is 43.1 Å². The molecule has 3 atom stereocenters. The van der Waals surface area contributed by atoms with E-state index < -0.39 is 0 Å². The third-order valence-electron chi connectivity index (χ3n) is 3.74. The first-order chi connectivity index (χ1) is 7.16. The number of nitrogens with zero attached hydrogens (tertiary/aromatic N) is 1. The Morgan fingerprint density at radius 2 is 2.07 bits per heavy atom. The van der Waals surface area contributed by atoms with Crippen molar-refractivity contribution in [3.05, 3.63) is 21.9 Å². The number of hydrogen-bond donors (Lipinski definition) is 0. The average molecular weight is 209 g/mol. The van der Waals surface area contributed by atoms with Crippen LogP contribution in [-0.4, -0.2) is 4.92 Å². The van der Waals surface area contributed by atoms with E-state index in [1.165, 1.54) is 25.7 Å². The van der Waals surface area contributed by atoms with E-state index in [1.54, 1.807) is 0 Å². The molecule has 0 saturated heterocycles. The average Bonchev–Trinajstić information content (AvgIpc) is 2.90. The molecule has 0 heterocycles. The molecule has 0 aromatic carbocycles. The molecule has 2 aliphatic carbocycles. The zero-order valence-corrected chi connectivity index (χ0v) is 9.32. The quantitative estimate of drug-likeness (QED) is 0.490. The maximum atomic E-state index is 10.9. The Morgan fingerprint density at radius 1 is 1.33 bits per heavy atom. The maximum absolute atomic E-state index is 10.9. The van der Waals surface area contributed by atoms with Crippen LogP contribution >= 0.6 is 0 Å². The molecule has 0 aromatic rings. The van der Waals surface area contributed by atoms with Gasteiger partial charge in [-0.2, -0.15) is 0 Å². The molecule has 0 aromatic heterocycles. The second kappa shape index (κ2) is 4.33. The first-order valence-electron chi connectivity index (χ1n) is 6.02. The number of hydrogen-bond acceptors (Lipinski definition) is 2. The first-order valence-corrected chi connectivity index (χ1v) is 6.02. The van der Waals surface area contributed by atoms with E-state index in [0.717, 1.165) is 12.3 Å². The van der Waals surface area contributed by atoms with Crippen molar-refractivity contribution in [2.45, 2.75) is 45.4 Å². The Hall–Kier alpha value is -0.860. The van der Waals surface area contributed by atoms with Crippen LogP contribution in [-0.2, 0) is 0 Å². The van der Waals surface area contributed by atoms with Crippen LogP contribution in [0.2, 0.25) is 0 Å². The number of rotatable bonds is 1. The predicted molar refractivity (Wildman–Crippen MR) is 58.9 cm³/mol. The SMILES string of the molecule is CC1/C=C(/[N+](=O)[O-])CC2CC2CCCC1. The molecule has 0 bridgehead atoms. The highest BCUT2D eigenvalue weighted by molar-refractivity contribution is 5.02. The molecule has 1 saturated carbocycles. The summed E-state index contributed by atoms with van der Waals surface area (Å²) in [4.78, 5) is 10.7. The fourth-order valence-electron chi connectivity index (χ4n) is 2.67. The third kappa shape index (κ3) is 2.80. The number of allylic oxidation sites excluding steroid dienone is 2. The highest BCUT2D eigenvalue weighted by atomic mass is 16.6. The van der Waals surface area contributed by atoms with Crippen molar-refractivity contribution in [2.75, 3.05) is 0 Å². The van der Waals surface area contributed by atoms with E-state index >= 15 is 0 Å². The number of nitro groups is 1. The third-order valence-corrected chi connectivity index (χ3v) is 3.74. The van der Waals surface area contributed by atoms with Crippen LogP contribution in [0.4, 0.5) is 0 Å². The van der Waals surface area contributed by atoms with Crippen LogP contribution in [0.25, 0.3) is 0 Å². The normalized spacial score (nSPS) is 39.8. The van der Waals surface area contributed by atoms with Crippen LogP contribution in [0.3, 0.4) is 0 Å². The summed E-state index contributed by atoms with van der Waals surface area (Å²) in [7, 11) is 0. The summed E-state index contributed by atoms with van der Waals surface area (Å²) in [6, 6.07) is 0. The van der Waals surface area contributed by atoms with Gasteiger partial charge in [-0.1, -0.05) is 26.2 Å². The zero-order valence-electron chi connectivity index (χ0n) is 9.32. The van der Waals surface area contributed by atoms with Crippen molar-refractivity contribution in [3.8, 4) is 0 Å². The van der Waals surface area contributed by atoms with Gasteiger partial charge in [0.1, 0.15) is 0 Å². The summed E-state index contributed by atoms with van der Waals surface area (Å²) in [5, 5.41) is 10.9. The van der Waals surface area contributed by atoms with E-state index in [-0.39, 0.29) is 4.92 Å². The molecular weight excluding hydrogens is 190 g/mol. The Kier molecular flexibility index (Phi) is 3.08. The van der Waals surface area contributed by atoms with Gasteiger partial charge in [0.05, 0.1) is 4.92 Å². The predicted octanol–water partition coefficient (Wildman–Crippen LogP) is 3.38. The smallest absolute Gasteiger partial charge is 0.242 e. The minimum absolute atomic E-state index is 0.173. The molecule has 3 heteroatoms. The fraction of sp³-hybridized carbons (Fsp3) is 0.833. The lowest BCUT2D eigenvalue weighted by Gasteiger charge is -2.09. The number of fused-ring (bicyclic) bond motifs is 1. The van der Waals surface area contributed by atoms with Crippen molar-refractivity contribution in [1.29, 1.82) is 0 Å². The summed E-state index contributed by atoms with van der Waals surface area (Å²) in [5.41, 5.74) is 0.469. The van der Waals surface area contributed by atoms with E-state index in [2.05, 4.69) is 6.92 Å². The molecule has 2 rings (SSSR count). The van der Waals surface area contributed by atoms with Crippen LogP contribution in [0.5, 0.6) is 0 Å². The molecule has 0 amide bonds. The van der Waals surface area contributed by atoms with Gasteiger partial charge in [-0.05, 0) is 36.7 Å². The van der Waals surface area contributed by atoms with Crippen molar-refractivity contribution in [3.63, 3.8) is 0 Å². The molecule has 3 nitrogen and oxygen atoms in total.